The van der Waals surface area contributed by atoms with Crippen LogP contribution in [0.2, 0.25) is 5.02 Å². The van der Waals surface area contributed by atoms with Crippen molar-refractivity contribution in [2.24, 2.45) is 5.92 Å². The average molecular weight is 425 g/mol. The van der Waals surface area contributed by atoms with Gasteiger partial charge >= 0.3 is 0 Å². The van der Waals surface area contributed by atoms with Crippen molar-refractivity contribution >= 4 is 45.9 Å². The number of aromatic amines is 1. The van der Waals surface area contributed by atoms with Crippen molar-refractivity contribution in [3.63, 3.8) is 0 Å². The Hall–Kier alpha value is -3.32. The molecule has 4 rings (SSSR count). The number of nitrogens with one attached hydrogen (secondary N) is 3. The number of benzene rings is 2. The number of hydrogen-bond acceptors (Lipinski definition) is 3. The number of halogens is 1. The largest absolute Gasteiger partial charge is 0.361 e. The molecule has 30 heavy (non-hydrogen) atoms. The van der Waals surface area contributed by atoms with E-state index >= 15 is 0 Å². The minimum atomic E-state index is -0.428. The zero-order valence-electron chi connectivity index (χ0n) is 16.2. The van der Waals surface area contributed by atoms with Gasteiger partial charge in [0.05, 0.1) is 5.92 Å². The Morgan fingerprint density at radius 1 is 1.10 bits per heavy atom. The van der Waals surface area contributed by atoms with Crippen molar-refractivity contribution < 1.29 is 14.4 Å². The molecule has 1 atom stereocenters. The second-order valence-corrected chi connectivity index (χ2v) is 7.65. The van der Waals surface area contributed by atoms with Crippen LogP contribution in [-0.2, 0) is 9.59 Å². The van der Waals surface area contributed by atoms with Crippen LogP contribution in [0.5, 0.6) is 0 Å². The average Bonchev–Trinajstić information content (AvgIpc) is 3.36. The van der Waals surface area contributed by atoms with Crippen molar-refractivity contribution in [2.45, 2.75) is 6.42 Å². The van der Waals surface area contributed by atoms with Crippen LogP contribution >= 0.6 is 11.6 Å². The fraction of sp³-hybridized carbons (Fsp3) is 0.227. The zero-order chi connectivity index (χ0) is 21.1. The van der Waals surface area contributed by atoms with Crippen LogP contribution in [0.1, 0.15) is 16.8 Å². The highest BCUT2D eigenvalue weighted by Gasteiger charge is 2.35. The second kappa shape index (κ2) is 8.59. The Labute approximate surface area is 178 Å². The van der Waals surface area contributed by atoms with Gasteiger partial charge < -0.3 is 20.5 Å². The van der Waals surface area contributed by atoms with Crippen molar-refractivity contribution in [1.29, 1.82) is 0 Å². The second-order valence-electron chi connectivity index (χ2n) is 7.21. The smallest absolute Gasteiger partial charge is 0.251 e. The summed E-state index contributed by atoms with van der Waals surface area (Å²) in [6, 6.07) is 14.4. The Morgan fingerprint density at radius 2 is 1.93 bits per heavy atom. The van der Waals surface area contributed by atoms with Gasteiger partial charge in [-0.15, -0.1) is 0 Å². The first-order valence-corrected chi connectivity index (χ1v) is 10.1. The van der Waals surface area contributed by atoms with Crippen molar-refractivity contribution in [3.05, 3.63) is 65.3 Å². The molecule has 0 saturated carbocycles. The molecule has 7 nitrogen and oxygen atoms in total. The Bertz CT molecular complexity index is 1110. The first-order valence-electron chi connectivity index (χ1n) is 9.70. The minimum Gasteiger partial charge on any atom is -0.361 e. The van der Waals surface area contributed by atoms with Crippen molar-refractivity contribution in [3.8, 4) is 0 Å². The van der Waals surface area contributed by atoms with Gasteiger partial charge in [0, 0.05) is 54.0 Å². The van der Waals surface area contributed by atoms with Gasteiger partial charge in [-0.25, -0.2) is 0 Å². The normalized spacial score (nSPS) is 16.1. The summed E-state index contributed by atoms with van der Waals surface area (Å²) in [7, 11) is 0. The van der Waals surface area contributed by atoms with E-state index in [9.17, 15) is 14.4 Å². The van der Waals surface area contributed by atoms with Gasteiger partial charge in [-0.05, 0) is 41.8 Å². The number of carbonyl (C=O) groups is 3. The third-order valence-electron chi connectivity index (χ3n) is 5.14. The Morgan fingerprint density at radius 3 is 2.77 bits per heavy atom. The number of nitrogens with zero attached hydrogens (tertiary/aromatic N) is 1. The van der Waals surface area contributed by atoms with E-state index in [1.807, 2.05) is 18.3 Å². The summed E-state index contributed by atoms with van der Waals surface area (Å²) in [5.41, 5.74) is 2.13. The number of H-pyrrole nitrogens is 1. The highest BCUT2D eigenvalue weighted by Crippen LogP contribution is 2.27. The van der Waals surface area contributed by atoms with Crippen LogP contribution in [0.4, 0.5) is 5.69 Å². The molecule has 1 aliphatic heterocycles. The lowest BCUT2D eigenvalue weighted by molar-refractivity contribution is -0.126. The van der Waals surface area contributed by atoms with E-state index in [0.717, 1.165) is 10.9 Å². The number of carbonyl (C=O) groups excluding carboxylic acids is 3. The lowest BCUT2D eigenvalue weighted by Crippen LogP contribution is -2.38. The number of amides is 3. The summed E-state index contributed by atoms with van der Waals surface area (Å²) in [5.74, 6) is -0.938. The third kappa shape index (κ3) is 4.31. The molecule has 2 heterocycles. The van der Waals surface area contributed by atoms with Gasteiger partial charge in [0.1, 0.15) is 0 Å². The monoisotopic (exact) mass is 424 g/mol. The molecule has 1 aliphatic rings. The van der Waals surface area contributed by atoms with Gasteiger partial charge in [0.15, 0.2) is 0 Å². The molecular weight excluding hydrogens is 404 g/mol. The molecule has 3 aromatic rings. The zero-order valence-corrected chi connectivity index (χ0v) is 16.9. The van der Waals surface area contributed by atoms with E-state index in [4.69, 9.17) is 11.6 Å². The fourth-order valence-corrected chi connectivity index (χ4v) is 3.76. The molecule has 8 heteroatoms. The molecular formula is C22H21ClN4O3. The number of rotatable bonds is 6. The van der Waals surface area contributed by atoms with E-state index in [1.165, 1.54) is 0 Å². The SMILES string of the molecule is O=C(NCCNC(=O)[C@@H]1CC(=O)N(c2cccc(Cl)c2)C1)c1ccc2cc[nH]c2c1. The highest BCUT2D eigenvalue weighted by atomic mass is 35.5. The predicted octanol–water partition coefficient (Wildman–Crippen LogP) is 2.72. The van der Waals surface area contributed by atoms with E-state index < -0.39 is 5.92 Å². The van der Waals surface area contributed by atoms with Crippen LogP contribution in [0, 0.1) is 5.92 Å². The summed E-state index contributed by atoms with van der Waals surface area (Å²) in [6.45, 7) is 0.900. The maximum atomic E-state index is 12.4. The van der Waals surface area contributed by atoms with Crippen molar-refractivity contribution in [1.82, 2.24) is 15.6 Å². The Kier molecular flexibility index (Phi) is 5.72. The molecule has 1 saturated heterocycles. The quantitative estimate of drug-likeness (QED) is 0.531. The van der Waals surface area contributed by atoms with Crippen LogP contribution in [-0.4, -0.2) is 42.3 Å². The molecule has 0 unspecified atom stereocenters. The molecule has 0 bridgehead atoms. The topological polar surface area (TPSA) is 94.3 Å². The van der Waals surface area contributed by atoms with E-state index in [-0.39, 0.29) is 30.7 Å². The van der Waals surface area contributed by atoms with Gasteiger partial charge in [-0.2, -0.15) is 0 Å². The molecule has 0 aliphatic carbocycles. The van der Waals surface area contributed by atoms with Gasteiger partial charge in [0.2, 0.25) is 11.8 Å². The molecule has 3 amide bonds. The molecule has 2 aromatic carbocycles. The fourth-order valence-electron chi connectivity index (χ4n) is 3.57. The first kappa shape index (κ1) is 20.0. The van der Waals surface area contributed by atoms with Crippen LogP contribution < -0.4 is 15.5 Å². The molecule has 1 fully saturated rings. The predicted molar refractivity (Wildman–Crippen MR) is 116 cm³/mol. The maximum Gasteiger partial charge on any atom is 0.251 e. The van der Waals surface area contributed by atoms with Gasteiger partial charge in [-0.3, -0.25) is 14.4 Å². The number of hydrogen-bond donors (Lipinski definition) is 3. The van der Waals surface area contributed by atoms with Crippen LogP contribution in [0.25, 0.3) is 10.9 Å². The van der Waals surface area contributed by atoms with Crippen molar-refractivity contribution in [2.75, 3.05) is 24.5 Å². The summed E-state index contributed by atoms with van der Waals surface area (Å²) >= 11 is 5.99. The summed E-state index contributed by atoms with van der Waals surface area (Å²) < 4.78 is 0. The van der Waals surface area contributed by atoms with Crippen LogP contribution in [0.15, 0.2) is 54.7 Å². The molecule has 0 radical (unpaired) electrons. The standard InChI is InChI=1S/C22H21ClN4O3/c23-17-2-1-3-18(12-17)27-13-16(11-20(27)28)22(30)26-9-8-25-21(29)15-5-4-14-6-7-24-19(14)10-15/h1-7,10,12,16,24H,8-9,11,13H2,(H,25,29)(H,26,30)/t16-/m1/s1. The Balaban J connectivity index is 1.25. The first-order chi connectivity index (χ1) is 14.5. The molecule has 154 valence electrons. The number of fused-ring (bicyclic) bond motifs is 1. The number of aromatic nitrogens is 1. The molecule has 0 spiro atoms. The number of anilines is 1. The van der Waals surface area contributed by atoms with E-state index in [1.54, 1.807) is 41.3 Å². The third-order valence-corrected chi connectivity index (χ3v) is 5.38. The summed E-state index contributed by atoms with van der Waals surface area (Å²) in [4.78, 5) is 41.7. The lowest BCUT2D eigenvalue weighted by Gasteiger charge is -2.17. The van der Waals surface area contributed by atoms with E-state index in [0.29, 0.717) is 29.4 Å². The van der Waals surface area contributed by atoms with E-state index in [2.05, 4.69) is 15.6 Å². The lowest BCUT2D eigenvalue weighted by atomic mass is 10.1. The maximum absolute atomic E-state index is 12.4. The highest BCUT2D eigenvalue weighted by molar-refractivity contribution is 6.31. The summed E-state index contributed by atoms with van der Waals surface area (Å²) in [5, 5.41) is 7.17. The minimum absolute atomic E-state index is 0.106. The van der Waals surface area contributed by atoms with Gasteiger partial charge in [-0.1, -0.05) is 23.7 Å². The van der Waals surface area contributed by atoms with Gasteiger partial charge in [0.25, 0.3) is 5.91 Å². The van der Waals surface area contributed by atoms with Crippen LogP contribution in [0.3, 0.4) is 0 Å². The molecule has 1 aromatic heterocycles. The molecule has 3 N–H and O–H groups in total. The summed E-state index contributed by atoms with van der Waals surface area (Å²) in [6.07, 6.45) is 1.98.